The van der Waals surface area contributed by atoms with Crippen LogP contribution in [0.4, 0.5) is 0 Å². The van der Waals surface area contributed by atoms with Gasteiger partial charge in [0.15, 0.2) is 0 Å². The van der Waals surface area contributed by atoms with E-state index < -0.39 is 0 Å². The van der Waals surface area contributed by atoms with Crippen molar-refractivity contribution in [3.05, 3.63) is 35.9 Å². The number of likely N-dealkylation sites (N-methyl/N-ethyl adjacent to an activating group) is 1. The SMILES string of the molecule is CN(C)CC1CCCN1CC(CN)c1ccccc1. The number of rotatable bonds is 6. The van der Waals surface area contributed by atoms with E-state index in [0.717, 1.165) is 19.6 Å². The van der Waals surface area contributed by atoms with Crippen LogP contribution in [0.1, 0.15) is 24.3 Å². The number of nitrogens with two attached hydrogens (primary N) is 1. The van der Waals surface area contributed by atoms with Gasteiger partial charge in [-0.15, -0.1) is 0 Å². The van der Waals surface area contributed by atoms with E-state index in [1.54, 1.807) is 0 Å². The van der Waals surface area contributed by atoms with Crippen LogP contribution in [0.5, 0.6) is 0 Å². The molecule has 0 radical (unpaired) electrons. The molecule has 1 aromatic carbocycles. The second-order valence-corrected chi connectivity index (χ2v) is 5.90. The van der Waals surface area contributed by atoms with Crippen LogP contribution in [0.15, 0.2) is 30.3 Å². The molecule has 0 aromatic heterocycles. The molecule has 0 bridgehead atoms. The Kier molecular flexibility index (Phi) is 5.37. The maximum atomic E-state index is 5.99. The first-order valence-corrected chi connectivity index (χ1v) is 7.34. The largest absolute Gasteiger partial charge is 0.330 e. The van der Waals surface area contributed by atoms with E-state index in [1.807, 2.05) is 0 Å². The van der Waals surface area contributed by atoms with Crippen molar-refractivity contribution < 1.29 is 0 Å². The summed E-state index contributed by atoms with van der Waals surface area (Å²) in [4.78, 5) is 4.92. The summed E-state index contributed by atoms with van der Waals surface area (Å²) >= 11 is 0. The zero-order valence-electron chi connectivity index (χ0n) is 12.3. The zero-order valence-corrected chi connectivity index (χ0v) is 12.3. The monoisotopic (exact) mass is 261 g/mol. The van der Waals surface area contributed by atoms with Crippen LogP contribution in [0.25, 0.3) is 0 Å². The fourth-order valence-corrected chi connectivity index (χ4v) is 3.09. The van der Waals surface area contributed by atoms with Crippen molar-refractivity contribution in [3.8, 4) is 0 Å². The molecule has 2 unspecified atom stereocenters. The zero-order chi connectivity index (χ0) is 13.7. The van der Waals surface area contributed by atoms with Gasteiger partial charge < -0.3 is 10.6 Å². The summed E-state index contributed by atoms with van der Waals surface area (Å²) in [5.74, 6) is 0.462. The molecular formula is C16H27N3. The molecule has 1 aliphatic heterocycles. The molecule has 1 heterocycles. The van der Waals surface area contributed by atoms with Gasteiger partial charge >= 0.3 is 0 Å². The molecule has 0 amide bonds. The van der Waals surface area contributed by atoms with Gasteiger partial charge in [0.25, 0.3) is 0 Å². The molecule has 0 aliphatic carbocycles. The summed E-state index contributed by atoms with van der Waals surface area (Å²) < 4.78 is 0. The van der Waals surface area contributed by atoms with Crippen molar-refractivity contribution in [2.24, 2.45) is 5.73 Å². The van der Waals surface area contributed by atoms with Crippen LogP contribution >= 0.6 is 0 Å². The minimum Gasteiger partial charge on any atom is -0.330 e. The highest BCUT2D eigenvalue weighted by molar-refractivity contribution is 5.20. The van der Waals surface area contributed by atoms with Crippen molar-refractivity contribution in [1.29, 1.82) is 0 Å². The first kappa shape index (κ1) is 14.5. The molecule has 1 aliphatic rings. The Morgan fingerprint density at radius 1 is 1.32 bits per heavy atom. The fourth-order valence-electron chi connectivity index (χ4n) is 3.09. The highest BCUT2D eigenvalue weighted by Gasteiger charge is 2.27. The molecule has 3 heteroatoms. The average Bonchev–Trinajstić information content (AvgIpc) is 2.83. The van der Waals surface area contributed by atoms with Gasteiger partial charge in [0, 0.05) is 31.6 Å². The third-order valence-electron chi connectivity index (χ3n) is 4.09. The molecule has 1 saturated heterocycles. The van der Waals surface area contributed by atoms with Crippen LogP contribution < -0.4 is 5.73 Å². The van der Waals surface area contributed by atoms with Crippen LogP contribution in [0, 0.1) is 0 Å². The van der Waals surface area contributed by atoms with Gasteiger partial charge in [-0.1, -0.05) is 30.3 Å². The Hall–Kier alpha value is -0.900. The summed E-state index contributed by atoms with van der Waals surface area (Å²) in [6, 6.07) is 11.4. The van der Waals surface area contributed by atoms with Gasteiger partial charge in [0.2, 0.25) is 0 Å². The van der Waals surface area contributed by atoms with Gasteiger partial charge in [-0.25, -0.2) is 0 Å². The molecule has 0 spiro atoms. The Morgan fingerprint density at radius 3 is 2.68 bits per heavy atom. The van der Waals surface area contributed by atoms with Crippen LogP contribution in [0.2, 0.25) is 0 Å². The van der Waals surface area contributed by atoms with Gasteiger partial charge in [-0.2, -0.15) is 0 Å². The molecule has 2 atom stereocenters. The Labute approximate surface area is 117 Å². The minimum atomic E-state index is 0.462. The molecule has 0 saturated carbocycles. The van der Waals surface area contributed by atoms with Crippen LogP contribution in [0.3, 0.4) is 0 Å². The van der Waals surface area contributed by atoms with Crippen molar-refractivity contribution in [1.82, 2.24) is 9.80 Å². The first-order chi connectivity index (χ1) is 9.20. The molecule has 2 N–H and O–H groups in total. The third kappa shape index (κ3) is 4.03. The summed E-state index contributed by atoms with van der Waals surface area (Å²) in [7, 11) is 4.32. The standard InChI is InChI=1S/C16H27N3/c1-18(2)13-16-9-6-10-19(16)12-15(11-17)14-7-4-3-5-8-14/h3-5,7-8,15-16H,6,9-13,17H2,1-2H3. The second kappa shape index (κ2) is 7.04. The fraction of sp³-hybridized carbons (Fsp3) is 0.625. The number of nitrogens with zero attached hydrogens (tertiary/aromatic N) is 2. The van der Waals surface area contributed by atoms with E-state index in [1.165, 1.54) is 24.9 Å². The van der Waals surface area contributed by atoms with Gasteiger partial charge in [-0.3, -0.25) is 4.90 Å². The lowest BCUT2D eigenvalue weighted by molar-refractivity contribution is 0.198. The molecule has 3 nitrogen and oxygen atoms in total. The van der Waals surface area contributed by atoms with E-state index in [9.17, 15) is 0 Å². The second-order valence-electron chi connectivity index (χ2n) is 5.90. The first-order valence-electron chi connectivity index (χ1n) is 7.34. The molecule has 106 valence electrons. The lowest BCUT2D eigenvalue weighted by Gasteiger charge is -2.30. The van der Waals surface area contributed by atoms with E-state index >= 15 is 0 Å². The van der Waals surface area contributed by atoms with Crippen LogP contribution in [-0.4, -0.2) is 56.1 Å². The van der Waals surface area contributed by atoms with E-state index in [-0.39, 0.29) is 0 Å². The molecular weight excluding hydrogens is 234 g/mol. The smallest absolute Gasteiger partial charge is 0.0223 e. The lowest BCUT2D eigenvalue weighted by atomic mass is 9.98. The van der Waals surface area contributed by atoms with Crippen molar-refractivity contribution >= 4 is 0 Å². The number of benzene rings is 1. The number of hydrogen-bond acceptors (Lipinski definition) is 3. The van der Waals surface area contributed by atoms with Gasteiger partial charge in [-0.05, 0) is 39.0 Å². The number of likely N-dealkylation sites (tertiary alicyclic amines) is 1. The minimum absolute atomic E-state index is 0.462. The predicted octanol–water partition coefficient (Wildman–Crippen LogP) is 1.75. The lowest BCUT2D eigenvalue weighted by Crippen LogP contribution is -2.40. The Balaban J connectivity index is 1.98. The molecule has 19 heavy (non-hydrogen) atoms. The normalized spacial score (nSPS) is 22.0. The van der Waals surface area contributed by atoms with Gasteiger partial charge in [0.05, 0.1) is 0 Å². The highest BCUT2D eigenvalue weighted by atomic mass is 15.2. The summed E-state index contributed by atoms with van der Waals surface area (Å²) in [6.45, 7) is 4.21. The maximum absolute atomic E-state index is 5.99. The van der Waals surface area contributed by atoms with Crippen molar-refractivity contribution in [2.45, 2.75) is 24.8 Å². The molecule has 2 rings (SSSR count). The third-order valence-corrected chi connectivity index (χ3v) is 4.09. The predicted molar refractivity (Wildman–Crippen MR) is 81.4 cm³/mol. The summed E-state index contributed by atoms with van der Waals surface area (Å²) in [6.07, 6.45) is 2.65. The van der Waals surface area contributed by atoms with E-state index in [0.29, 0.717) is 12.0 Å². The maximum Gasteiger partial charge on any atom is 0.0223 e. The van der Waals surface area contributed by atoms with Crippen molar-refractivity contribution in [2.75, 3.05) is 40.3 Å². The van der Waals surface area contributed by atoms with E-state index in [2.05, 4.69) is 54.2 Å². The Bertz CT molecular complexity index is 364. The van der Waals surface area contributed by atoms with E-state index in [4.69, 9.17) is 5.73 Å². The van der Waals surface area contributed by atoms with Crippen molar-refractivity contribution in [3.63, 3.8) is 0 Å². The van der Waals surface area contributed by atoms with Crippen LogP contribution in [-0.2, 0) is 0 Å². The highest BCUT2D eigenvalue weighted by Crippen LogP contribution is 2.23. The molecule has 1 fully saturated rings. The molecule has 1 aromatic rings. The number of hydrogen-bond donors (Lipinski definition) is 1. The quantitative estimate of drug-likeness (QED) is 0.847. The summed E-state index contributed by atoms with van der Waals surface area (Å²) in [5.41, 5.74) is 7.37. The average molecular weight is 261 g/mol. The summed E-state index contributed by atoms with van der Waals surface area (Å²) in [5, 5.41) is 0. The van der Waals surface area contributed by atoms with Gasteiger partial charge in [0.1, 0.15) is 0 Å². The topological polar surface area (TPSA) is 32.5 Å². The Morgan fingerprint density at radius 2 is 2.05 bits per heavy atom.